The Bertz CT molecular complexity index is 1150. The van der Waals surface area contributed by atoms with E-state index in [1.165, 1.54) is 0 Å². The number of nitrogens with zero attached hydrogens (tertiary/aromatic N) is 3. The number of carbonyl (C=O) groups is 2. The van der Waals surface area contributed by atoms with E-state index in [4.69, 9.17) is 9.15 Å². The van der Waals surface area contributed by atoms with E-state index in [0.29, 0.717) is 28.6 Å². The largest absolute Gasteiger partial charge is 0.495 e. The van der Waals surface area contributed by atoms with E-state index in [2.05, 4.69) is 10.4 Å². The second kappa shape index (κ2) is 7.85. The number of benzene rings is 1. The maximum absolute atomic E-state index is 13.8. The average Bonchev–Trinajstić information content (AvgIpc) is 3.55. The van der Waals surface area contributed by atoms with E-state index in [1.807, 2.05) is 12.1 Å². The molecule has 1 aliphatic carbocycles. The molecule has 0 spiro atoms. The van der Waals surface area contributed by atoms with Gasteiger partial charge in [0.1, 0.15) is 22.7 Å². The molecule has 166 valence electrons. The minimum absolute atomic E-state index is 0.131. The van der Waals surface area contributed by atoms with Gasteiger partial charge in [-0.25, -0.2) is 0 Å². The summed E-state index contributed by atoms with van der Waals surface area (Å²) in [6.07, 6.45) is 5.69. The molecule has 0 saturated heterocycles. The Kier molecular flexibility index (Phi) is 5.00. The normalized spacial score (nSPS) is 20.9. The number of nitrogens with one attached hydrogen (secondary N) is 1. The summed E-state index contributed by atoms with van der Waals surface area (Å²) >= 11 is 0. The van der Waals surface area contributed by atoms with Crippen LogP contribution >= 0.6 is 0 Å². The van der Waals surface area contributed by atoms with Gasteiger partial charge in [0, 0.05) is 12.1 Å². The van der Waals surface area contributed by atoms with Crippen LogP contribution in [0.1, 0.15) is 43.1 Å². The van der Waals surface area contributed by atoms with Gasteiger partial charge in [-0.2, -0.15) is 5.10 Å². The molecular formula is C24H26N4O4. The smallest absolute Gasteiger partial charge is 0.277 e. The van der Waals surface area contributed by atoms with Crippen LogP contribution in [-0.2, 0) is 11.3 Å². The van der Waals surface area contributed by atoms with Crippen LogP contribution in [0.2, 0.25) is 0 Å². The van der Waals surface area contributed by atoms with Crippen molar-refractivity contribution in [2.24, 2.45) is 0 Å². The van der Waals surface area contributed by atoms with Crippen LogP contribution < -0.4 is 15.0 Å². The van der Waals surface area contributed by atoms with Gasteiger partial charge >= 0.3 is 0 Å². The molecule has 2 aliphatic rings. The first kappa shape index (κ1) is 20.4. The Morgan fingerprint density at radius 2 is 2.00 bits per heavy atom. The van der Waals surface area contributed by atoms with Gasteiger partial charge in [0.2, 0.25) is 5.91 Å². The molecule has 0 unspecified atom stereocenters. The predicted molar refractivity (Wildman–Crippen MR) is 119 cm³/mol. The monoisotopic (exact) mass is 434 g/mol. The number of aromatic nitrogens is 2. The summed E-state index contributed by atoms with van der Waals surface area (Å²) in [7, 11) is 1.56. The molecule has 2 amide bonds. The lowest BCUT2D eigenvalue weighted by molar-refractivity contribution is -0.127. The highest BCUT2D eigenvalue weighted by atomic mass is 16.5. The van der Waals surface area contributed by atoms with Crippen molar-refractivity contribution >= 4 is 17.5 Å². The van der Waals surface area contributed by atoms with E-state index in [-0.39, 0.29) is 24.4 Å². The summed E-state index contributed by atoms with van der Waals surface area (Å²) in [5.41, 5.74) is 0.316. The molecule has 3 aromatic rings. The number of amides is 2. The van der Waals surface area contributed by atoms with Gasteiger partial charge in [-0.1, -0.05) is 25.0 Å². The molecule has 32 heavy (non-hydrogen) atoms. The summed E-state index contributed by atoms with van der Waals surface area (Å²) < 4.78 is 12.6. The number of para-hydroxylation sites is 2. The molecule has 1 aromatic carbocycles. The van der Waals surface area contributed by atoms with Gasteiger partial charge < -0.3 is 14.5 Å². The Labute approximate surface area is 186 Å². The van der Waals surface area contributed by atoms with Crippen LogP contribution in [0.3, 0.4) is 0 Å². The van der Waals surface area contributed by atoms with Crippen molar-refractivity contribution in [2.45, 2.75) is 50.7 Å². The number of furan rings is 1. The van der Waals surface area contributed by atoms with Gasteiger partial charge in [-0.15, -0.1) is 0 Å². The van der Waals surface area contributed by atoms with Crippen molar-refractivity contribution in [2.75, 3.05) is 12.0 Å². The molecule has 2 aromatic heterocycles. The molecule has 1 saturated carbocycles. The number of rotatable bonds is 5. The van der Waals surface area contributed by atoms with Crippen molar-refractivity contribution in [1.29, 1.82) is 0 Å². The number of carbonyl (C=O) groups excluding carboxylic acids is 2. The average molecular weight is 434 g/mol. The fourth-order valence-electron chi connectivity index (χ4n) is 4.73. The lowest BCUT2D eigenvalue weighted by atomic mass is 9.93. The number of methoxy groups -OCH3 is 1. The number of hydrogen-bond donors (Lipinski definition) is 1. The van der Waals surface area contributed by atoms with Gasteiger partial charge in [-0.3, -0.25) is 19.2 Å². The number of ether oxygens (including phenoxy) is 1. The molecule has 0 bridgehead atoms. The fourth-order valence-corrected chi connectivity index (χ4v) is 4.73. The molecule has 1 N–H and O–H groups in total. The second-order valence-electron chi connectivity index (χ2n) is 8.59. The minimum atomic E-state index is -1.19. The minimum Gasteiger partial charge on any atom is -0.495 e. The standard InChI is InChI=1S/C24H26N4O4/c1-24(23(30)25-16-8-3-4-9-16)15-27-19(14-17(26-27)20-12-7-13-32-20)22(29)28(24)18-10-5-6-11-21(18)31-2/h5-7,10-14,16H,3-4,8-9,15H2,1-2H3,(H,25,30)/t24-/m1/s1. The van der Waals surface area contributed by atoms with E-state index in [1.54, 1.807) is 60.2 Å². The van der Waals surface area contributed by atoms with E-state index < -0.39 is 5.54 Å². The van der Waals surface area contributed by atoms with Crippen LogP contribution in [0.4, 0.5) is 5.69 Å². The summed E-state index contributed by atoms with van der Waals surface area (Å²) in [5, 5.41) is 7.77. The van der Waals surface area contributed by atoms with Gasteiger partial charge in [-0.05, 0) is 44.0 Å². The number of hydrogen-bond acceptors (Lipinski definition) is 5. The molecule has 8 nitrogen and oxygen atoms in total. The molecular weight excluding hydrogens is 408 g/mol. The zero-order valence-electron chi connectivity index (χ0n) is 18.2. The zero-order valence-corrected chi connectivity index (χ0v) is 18.2. The summed E-state index contributed by atoms with van der Waals surface area (Å²) in [6.45, 7) is 2.00. The van der Waals surface area contributed by atoms with Crippen molar-refractivity contribution in [1.82, 2.24) is 15.1 Å². The van der Waals surface area contributed by atoms with Gasteiger partial charge in [0.05, 0.1) is 25.6 Å². The van der Waals surface area contributed by atoms with Crippen molar-refractivity contribution < 1.29 is 18.7 Å². The topological polar surface area (TPSA) is 89.6 Å². The first-order chi connectivity index (χ1) is 15.5. The Hall–Kier alpha value is -3.55. The second-order valence-corrected chi connectivity index (χ2v) is 8.59. The Morgan fingerprint density at radius 1 is 1.22 bits per heavy atom. The van der Waals surface area contributed by atoms with Crippen LogP contribution in [0.15, 0.2) is 53.1 Å². The zero-order chi connectivity index (χ0) is 22.3. The number of fused-ring (bicyclic) bond motifs is 1. The van der Waals surface area contributed by atoms with E-state index >= 15 is 0 Å². The first-order valence-electron chi connectivity index (χ1n) is 10.9. The molecule has 1 atom stereocenters. The Balaban J connectivity index is 1.61. The summed E-state index contributed by atoms with van der Waals surface area (Å²) in [4.78, 5) is 29.0. The summed E-state index contributed by atoms with van der Waals surface area (Å²) in [5.74, 6) is 0.597. The van der Waals surface area contributed by atoms with Crippen molar-refractivity contribution in [3.63, 3.8) is 0 Å². The van der Waals surface area contributed by atoms with Crippen LogP contribution in [0.5, 0.6) is 5.75 Å². The maximum atomic E-state index is 13.8. The van der Waals surface area contributed by atoms with Crippen molar-refractivity contribution in [3.05, 3.63) is 54.4 Å². The molecule has 3 heterocycles. The molecule has 1 aliphatic heterocycles. The third-order valence-electron chi connectivity index (χ3n) is 6.43. The van der Waals surface area contributed by atoms with E-state index in [9.17, 15) is 9.59 Å². The highest BCUT2D eigenvalue weighted by Crippen LogP contribution is 2.39. The van der Waals surface area contributed by atoms with E-state index in [0.717, 1.165) is 25.7 Å². The molecule has 1 fully saturated rings. The first-order valence-corrected chi connectivity index (χ1v) is 10.9. The quantitative estimate of drug-likeness (QED) is 0.662. The highest BCUT2D eigenvalue weighted by Gasteiger charge is 2.50. The predicted octanol–water partition coefficient (Wildman–Crippen LogP) is 3.63. The lowest BCUT2D eigenvalue weighted by Gasteiger charge is -2.43. The SMILES string of the molecule is COc1ccccc1N1C(=O)c2cc(-c3ccco3)nn2C[C@]1(C)C(=O)NC1CCCC1. The fraction of sp³-hybridized carbons (Fsp3) is 0.375. The lowest BCUT2D eigenvalue weighted by Crippen LogP contribution is -2.65. The van der Waals surface area contributed by atoms with Crippen LogP contribution in [0, 0.1) is 0 Å². The van der Waals surface area contributed by atoms with Crippen LogP contribution in [-0.4, -0.2) is 40.3 Å². The maximum Gasteiger partial charge on any atom is 0.277 e. The molecule has 8 heteroatoms. The molecule has 5 rings (SSSR count). The van der Waals surface area contributed by atoms with Crippen molar-refractivity contribution in [3.8, 4) is 17.2 Å². The number of anilines is 1. The van der Waals surface area contributed by atoms with Gasteiger partial charge in [0.15, 0.2) is 5.76 Å². The van der Waals surface area contributed by atoms with Gasteiger partial charge in [0.25, 0.3) is 5.91 Å². The highest BCUT2D eigenvalue weighted by molar-refractivity contribution is 6.12. The Morgan fingerprint density at radius 3 is 2.72 bits per heavy atom. The third-order valence-corrected chi connectivity index (χ3v) is 6.43. The third kappa shape index (κ3) is 3.26. The molecule has 0 radical (unpaired) electrons. The van der Waals surface area contributed by atoms with Crippen LogP contribution in [0.25, 0.3) is 11.5 Å². The summed E-state index contributed by atoms with van der Waals surface area (Å²) in [6, 6.07) is 12.7.